The first-order valence-corrected chi connectivity index (χ1v) is 9.59. The molecule has 1 aliphatic carbocycles. The fraction of sp³-hybridized carbons (Fsp3) is 0.250. The third-order valence-corrected chi connectivity index (χ3v) is 5.65. The number of ether oxygens (including phenoxy) is 3. The Labute approximate surface area is 174 Å². The zero-order valence-electron chi connectivity index (χ0n) is 17.2. The van der Waals surface area contributed by atoms with E-state index in [1.807, 2.05) is 18.2 Å². The summed E-state index contributed by atoms with van der Waals surface area (Å²) in [5, 5.41) is 31.1. The van der Waals surface area contributed by atoms with Crippen molar-refractivity contribution in [3.63, 3.8) is 0 Å². The van der Waals surface area contributed by atoms with Gasteiger partial charge in [-0.3, -0.25) is 0 Å². The fourth-order valence-electron chi connectivity index (χ4n) is 4.05. The number of hydrogen-bond acceptors (Lipinski definition) is 6. The Bertz CT molecular complexity index is 978. The maximum absolute atomic E-state index is 10.4. The Kier molecular flexibility index (Phi) is 5.08. The third kappa shape index (κ3) is 3.45. The molecule has 0 radical (unpaired) electrons. The second-order valence-electron chi connectivity index (χ2n) is 7.41. The lowest BCUT2D eigenvalue weighted by Crippen LogP contribution is -2.00. The summed E-state index contributed by atoms with van der Waals surface area (Å²) >= 11 is 0. The highest BCUT2D eigenvalue weighted by Gasteiger charge is 2.21. The first-order valence-electron chi connectivity index (χ1n) is 9.59. The first-order chi connectivity index (χ1) is 14.4. The highest BCUT2D eigenvalue weighted by atomic mass is 16.5. The van der Waals surface area contributed by atoms with Gasteiger partial charge in [0.25, 0.3) is 0 Å². The van der Waals surface area contributed by atoms with Crippen molar-refractivity contribution < 1.29 is 29.5 Å². The molecule has 6 heteroatoms. The summed E-state index contributed by atoms with van der Waals surface area (Å²) in [4.78, 5) is 0. The summed E-state index contributed by atoms with van der Waals surface area (Å²) in [6, 6.07) is 10.6. The first kappa shape index (κ1) is 19.8. The van der Waals surface area contributed by atoms with Gasteiger partial charge in [-0.05, 0) is 89.0 Å². The molecule has 0 aliphatic heterocycles. The summed E-state index contributed by atoms with van der Waals surface area (Å²) in [7, 11) is 4.55. The Balaban J connectivity index is 1.98. The molecule has 0 saturated carbocycles. The average molecular weight is 408 g/mol. The molecule has 0 fully saturated rings. The van der Waals surface area contributed by atoms with Gasteiger partial charge in [-0.1, -0.05) is 0 Å². The number of phenols is 3. The lowest BCUT2D eigenvalue weighted by atomic mass is 9.94. The molecule has 30 heavy (non-hydrogen) atoms. The molecule has 3 aromatic carbocycles. The van der Waals surface area contributed by atoms with Crippen LogP contribution in [0.4, 0.5) is 0 Å². The van der Waals surface area contributed by atoms with Crippen LogP contribution in [0.3, 0.4) is 0 Å². The van der Waals surface area contributed by atoms with Gasteiger partial charge < -0.3 is 29.5 Å². The van der Waals surface area contributed by atoms with E-state index in [2.05, 4.69) is 0 Å². The second kappa shape index (κ2) is 7.71. The minimum atomic E-state index is 0.0700. The van der Waals surface area contributed by atoms with E-state index >= 15 is 0 Å². The van der Waals surface area contributed by atoms with E-state index in [0.717, 1.165) is 33.4 Å². The van der Waals surface area contributed by atoms with Gasteiger partial charge in [0.1, 0.15) is 0 Å². The Morgan fingerprint density at radius 1 is 0.467 bits per heavy atom. The van der Waals surface area contributed by atoms with Crippen LogP contribution >= 0.6 is 0 Å². The van der Waals surface area contributed by atoms with Crippen molar-refractivity contribution >= 4 is 0 Å². The van der Waals surface area contributed by atoms with Gasteiger partial charge in [0.2, 0.25) is 0 Å². The molecule has 1 aliphatic rings. The van der Waals surface area contributed by atoms with Crippen LogP contribution in [0, 0.1) is 0 Å². The lowest BCUT2D eigenvalue weighted by molar-refractivity contribution is 0.372. The maximum Gasteiger partial charge on any atom is 0.160 e. The van der Waals surface area contributed by atoms with Crippen LogP contribution in [0.5, 0.6) is 34.5 Å². The van der Waals surface area contributed by atoms with E-state index in [0.29, 0.717) is 36.5 Å². The average Bonchev–Trinajstić information content (AvgIpc) is 2.78. The van der Waals surface area contributed by atoms with Crippen LogP contribution in [-0.2, 0) is 19.3 Å². The highest BCUT2D eigenvalue weighted by molar-refractivity contribution is 5.57. The van der Waals surface area contributed by atoms with Gasteiger partial charge in [0.05, 0.1) is 21.3 Å². The van der Waals surface area contributed by atoms with Crippen molar-refractivity contribution in [2.45, 2.75) is 19.3 Å². The number of phenolic OH excluding ortho intramolecular Hbond substituents is 3. The highest BCUT2D eigenvalue weighted by Crippen LogP contribution is 2.39. The van der Waals surface area contributed by atoms with E-state index < -0.39 is 0 Å². The molecule has 0 saturated heterocycles. The van der Waals surface area contributed by atoms with E-state index in [-0.39, 0.29) is 17.2 Å². The predicted molar refractivity (Wildman–Crippen MR) is 112 cm³/mol. The lowest BCUT2D eigenvalue weighted by Gasteiger charge is -2.15. The van der Waals surface area contributed by atoms with Crippen LogP contribution in [0.1, 0.15) is 33.4 Å². The van der Waals surface area contributed by atoms with E-state index in [4.69, 9.17) is 14.2 Å². The molecular weight excluding hydrogens is 384 g/mol. The second-order valence-corrected chi connectivity index (χ2v) is 7.41. The van der Waals surface area contributed by atoms with Gasteiger partial charge in [0.15, 0.2) is 34.5 Å². The summed E-state index contributed by atoms with van der Waals surface area (Å²) in [6.07, 6.45) is 1.65. The molecule has 3 N–H and O–H groups in total. The summed E-state index contributed by atoms with van der Waals surface area (Å²) in [5.41, 5.74) is 5.75. The van der Waals surface area contributed by atoms with E-state index in [1.54, 1.807) is 18.2 Å². The molecule has 0 spiro atoms. The standard InChI is InChI=1S/C24H24O6/c1-28-22-10-16-4-14-8-20(26)24(30-3)12-18(14)6-15-9-21(27)23(29-2)11-17(15)5-13(16)7-19(22)25/h7-12,25-27H,4-6H2,1-3H3. The minimum Gasteiger partial charge on any atom is -0.504 e. The van der Waals surface area contributed by atoms with Gasteiger partial charge in [0, 0.05) is 0 Å². The molecular formula is C24H24O6. The Morgan fingerprint density at radius 3 is 0.933 bits per heavy atom. The number of benzene rings is 3. The molecule has 0 bridgehead atoms. The molecule has 0 amide bonds. The molecule has 0 atom stereocenters. The van der Waals surface area contributed by atoms with Crippen LogP contribution in [-0.4, -0.2) is 36.6 Å². The molecule has 3 aromatic rings. The molecule has 156 valence electrons. The topological polar surface area (TPSA) is 88.4 Å². The number of methoxy groups -OCH3 is 3. The van der Waals surface area contributed by atoms with E-state index in [1.165, 1.54) is 21.3 Å². The summed E-state index contributed by atoms with van der Waals surface area (Å²) < 4.78 is 15.9. The van der Waals surface area contributed by atoms with Crippen molar-refractivity contribution in [3.8, 4) is 34.5 Å². The van der Waals surface area contributed by atoms with Crippen molar-refractivity contribution in [1.82, 2.24) is 0 Å². The maximum atomic E-state index is 10.4. The van der Waals surface area contributed by atoms with Gasteiger partial charge in [-0.25, -0.2) is 0 Å². The normalized spacial score (nSPS) is 12.5. The minimum absolute atomic E-state index is 0.0700. The largest absolute Gasteiger partial charge is 0.504 e. The van der Waals surface area contributed by atoms with Gasteiger partial charge >= 0.3 is 0 Å². The fourth-order valence-corrected chi connectivity index (χ4v) is 4.05. The van der Waals surface area contributed by atoms with Crippen molar-refractivity contribution in [3.05, 3.63) is 69.8 Å². The molecule has 6 nitrogen and oxygen atoms in total. The summed E-state index contributed by atoms with van der Waals surface area (Å²) in [6.45, 7) is 0. The smallest absolute Gasteiger partial charge is 0.160 e. The zero-order chi connectivity index (χ0) is 21.4. The van der Waals surface area contributed by atoms with Crippen LogP contribution in [0.15, 0.2) is 36.4 Å². The Hall–Kier alpha value is -3.54. The number of hydrogen-bond donors (Lipinski definition) is 3. The third-order valence-electron chi connectivity index (χ3n) is 5.65. The van der Waals surface area contributed by atoms with Crippen LogP contribution in [0.2, 0.25) is 0 Å². The molecule has 4 rings (SSSR count). The SMILES string of the molecule is COc1cc2c(cc1O)Cc1cc(OC)c(O)cc1Cc1cc(OC)c(O)cc1C2. The van der Waals surface area contributed by atoms with E-state index in [9.17, 15) is 15.3 Å². The van der Waals surface area contributed by atoms with Crippen LogP contribution < -0.4 is 14.2 Å². The predicted octanol–water partition coefficient (Wildman–Crippen LogP) is 3.92. The van der Waals surface area contributed by atoms with Crippen LogP contribution in [0.25, 0.3) is 0 Å². The van der Waals surface area contributed by atoms with Crippen molar-refractivity contribution in [2.75, 3.05) is 21.3 Å². The molecule has 0 unspecified atom stereocenters. The van der Waals surface area contributed by atoms with Gasteiger partial charge in [-0.2, -0.15) is 0 Å². The monoisotopic (exact) mass is 408 g/mol. The number of rotatable bonds is 3. The van der Waals surface area contributed by atoms with Crippen molar-refractivity contribution in [1.29, 1.82) is 0 Å². The molecule has 0 heterocycles. The Morgan fingerprint density at radius 2 is 0.700 bits per heavy atom. The number of aromatic hydroxyl groups is 3. The summed E-state index contributed by atoms with van der Waals surface area (Å²) in [5.74, 6) is 1.41. The molecule has 0 aromatic heterocycles. The zero-order valence-corrected chi connectivity index (χ0v) is 17.2. The van der Waals surface area contributed by atoms with Crippen molar-refractivity contribution in [2.24, 2.45) is 0 Å². The van der Waals surface area contributed by atoms with Gasteiger partial charge in [-0.15, -0.1) is 0 Å². The number of fused-ring (bicyclic) bond motifs is 3. The quantitative estimate of drug-likeness (QED) is 0.476.